The molecule has 5 rings (SSSR count). The SMILES string of the molecule is C=C1C=CC(C2=C\CC=C=C3\C=C/C(c4c[nH]nc4-c4cccc(C)n4)=C/C=C/C3=C/2)=CC=C1O. The molecule has 3 aliphatic carbocycles. The van der Waals surface area contributed by atoms with Crippen LogP contribution in [0.25, 0.3) is 17.0 Å². The predicted molar refractivity (Wildman–Crippen MR) is 142 cm³/mol. The molecule has 2 heterocycles. The first-order valence-electron chi connectivity index (χ1n) is 11.5. The van der Waals surface area contributed by atoms with Crippen molar-refractivity contribution in [2.24, 2.45) is 0 Å². The number of aliphatic hydroxyl groups excluding tert-OH is 1. The molecule has 0 radical (unpaired) electrons. The summed E-state index contributed by atoms with van der Waals surface area (Å²) < 4.78 is 0. The van der Waals surface area contributed by atoms with Crippen LogP contribution in [0.1, 0.15) is 17.7 Å². The van der Waals surface area contributed by atoms with Gasteiger partial charge in [-0.15, -0.1) is 5.73 Å². The molecule has 4 heteroatoms. The lowest BCUT2D eigenvalue weighted by atomic mass is 9.93. The lowest BCUT2D eigenvalue weighted by Gasteiger charge is -2.11. The maximum absolute atomic E-state index is 10.0. The quantitative estimate of drug-likeness (QED) is 0.484. The molecule has 0 aromatic carbocycles. The van der Waals surface area contributed by atoms with Crippen LogP contribution in [-0.2, 0) is 0 Å². The van der Waals surface area contributed by atoms with Gasteiger partial charge in [0.25, 0.3) is 0 Å². The molecule has 0 aliphatic heterocycles. The summed E-state index contributed by atoms with van der Waals surface area (Å²) in [6, 6.07) is 5.95. The van der Waals surface area contributed by atoms with Crippen LogP contribution >= 0.6 is 0 Å². The van der Waals surface area contributed by atoms with Gasteiger partial charge in [-0.1, -0.05) is 61.3 Å². The topological polar surface area (TPSA) is 61.8 Å². The van der Waals surface area contributed by atoms with Crippen molar-refractivity contribution in [1.82, 2.24) is 15.2 Å². The van der Waals surface area contributed by atoms with E-state index in [1.165, 1.54) is 0 Å². The number of rotatable bonds is 3. The number of nitrogens with zero attached hydrogens (tertiary/aromatic N) is 2. The van der Waals surface area contributed by atoms with Crippen molar-refractivity contribution in [2.75, 3.05) is 0 Å². The van der Waals surface area contributed by atoms with E-state index in [2.05, 4.69) is 70.0 Å². The number of hydrogen-bond acceptors (Lipinski definition) is 3. The molecule has 0 unspecified atom stereocenters. The lowest BCUT2D eigenvalue weighted by Crippen LogP contribution is -1.93. The van der Waals surface area contributed by atoms with Gasteiger partial charge >= 0.3 is 0 Å². The van der Waals surface area contributed by atoms with Crippen LogP contribution in [-0.4, -0.2) is 20.3 Å². The molecule has 2 aromatic rings. The Labute approximate surface area is 205 Å². The van der Waals surface area contributed by atoms with Gasteiger partial charge in [-0.2, -0.15) is 5.10 Å². The standard InChI is InChI=1S/C31H25N3O/c1-21-13-14-24(17-18-30(21)35)26-9-4-3-8-23-15-16-25(10-6-11-27(23)19-26)28-20-32-34-31(28)29-12-5-7-22(2)33-29/h3,5-7,9-20,35H,1,4H2,2H3,(H,32,34)/b11-6+,16-15-,25-10-,26-9+,27-19-. The Hall–Kier alpha value is -4.66. The molecule has 0 saturated carbocycles. The number of aryl methyl sites for hydroxylation is 1. The summed E-state index contributed by atoms with van der Waals surface area (Å²) in [5, 5.41) is 17.5. The molecule has 0 bridgehead atoms. The molecule has 0 atom stereocenters. The normalized spacial score (nSPS) is 23.7. The first-order chi connectivity index (χ1) is 17.1. The van der Waals surface area contributed by atoms with E-state index >= 15 is 0 Å². The monoisotopic (exact) mass is 455 g/mol. The minimum Gasteiger partial charge on any atom is -0.507 e. The Bertz CT molecular complexity index is 1520. The number of H-pyrrole nitrogens is 1. The maximum Gasteiger partial charge on any atom is 0.122 e. The van der Waals surface area contributed by atoms with Crippen LogP contribution in [0.4, 0.5) is 0 Å². The highest BCUT2D eigenvalue weighted by molar-refractivity contribution is 5.84. The third-order valence-electron chi connectivity index (χ3n) is 5.95. The first-order valence-corrected chi connectivity index (χ1v) is 11.5. The second kappa shape index (κ2) is 9.68. The number of hydrogen-bond donors (Lipinski definition) is 2. The predicted octanol–water partition coefficient (Wildman–Crippen LogP) is 7.12. The molecule has 170 valence electrons. The highest BCUT2D eigenvalue weighted by Crippen LogP contribution is 2.30. The number of aliphatic hydroxyl groups is 1. The zero-order valence-corrected chi connectivity index (χ0v) is 19.5. The summed E-state index contributed by atoms with van der Waals surface area (Å²) in [4.78, 5) is 4.64. The van der Waals surface area contributed by atoms with Gasteiger partial charge in [0.15, 0.2) is 0 Å². The zero-order valence-electron chi connectivity index (χ0n) is 19.5. The summed E-state index contributed by atoms with van der Waals surface area (Å²) in [5.74, 6) is 0.182. The molecule has 0 fully saturated rings. The fraction of sp³-hybridized carbons (Fsp3) is 0.0645. The van der Waals surface area contributed by atoms with Crippen molar-refractivity contribution in [2.45, 2.75) is 13.3 Å². The third-order valence-corrected chi connectivity index (χ3v) is 5.95. The van der Waals surface area contributed by atoms with Crippen LogP contribution in [0.3, 0.4) is 0 Å². The zero-order chi connectivity index (χ0) is 24.2. The van der Waals surface area contributed by atoms with Gasteiger partial charge in [0.2, 0.25) is 0 Å². The minimum atomic E-state index is 0.182. The Morgan fingerprint density at radius 1 is 0.971 bits per heavy atom. The fourth-order valence-electron chi connectivity index (χ4n) is 4.07. The van der Waals surface area contributed by atoms with Crippen LogP contribution in [0.5, 0.6) is 0 Å². The van der Waals surface area contributed by atoms with Gasteiger partial charge in [0, 0.05) is 28.6 Å². The van der Waals surface area contributed by atoms with E-state index in [9.17, 15) is 5.11 Å². The van der Waals surface area contributed by atoms with Gasteiger partial charge in [-0.25, -0.2) is 0 Å². The highest BCUT2D eigenvalue weighted by atomic mass is 16.3. The molecular weight excluding hydrogens is 430 g/mol. The van der Waals surface area contributed by atoms with Crippen molar-refractivity contribution in [3.63, 3.8) is 0 Å². The Balaban J connectivity index is 1.51. The molecule has 2 aromatic heterocycles. The number of aromatic amines is 1. The van der Waals surface area contributed by atoms with Crippen molar-refractivity contribution < 1.29 is 5.11 Å². The third kappa shape index (κ3) is 4.84. The average molecular weight is 456 g/mol. The Morgan fingerprint density at radius 2 is 1.86 bits per heavy atom. The van der Waals surface area contributed by atoms with E-state index < -0.39 is 0 Å². The number of pyridine rings is 1. The average Bonchev–Trinajstić information content (AvgIpc) is 3.25. The molecule has 4 nitrogen and oxygen atoms in total. The van der Waals surface area contributed by atoms with Crippen molar-refractivity contribution in [3.8, 4) is 11.4 Å². The van der Waals surface area contributed by atoms with Crippen molar-refractivity contribution in [1.29, 1.82) is 0 Å². The second-order valence-corrected chi connectivity index (χ2v) is 8.42. The van der Waals surface area contributed by atoms with E-state index in [1.807, 2.05) is 55.6 Å². The van der Waals surface area contributed by atoms with Crippen LogP contribution < -0.4 is 0 Å². The Morgan fingerprint density at radius 3 is 2.74 bits per heavy atom. The number of fused-ring (bicyclic) bond motifs is 1. The van der Waals surface area contributed by atoms with Crippen LogP contribution in [0.15, 0.2) is 143 Å². The molecule has 3 aliphatic rings. The largest absolute Gasteiger partial charge is 0.507 e. The van der Waals surface area contributed by atoms with Crippen LogP contribution in [0, 0.1) is 6.92 Å². The van der Waals surface area contributed by atoms with E-state index in [1.54, 1.807) is 6.08 Å². The van der Waals surface area contributed by atoms with Crippen LogP contribution in [0.2, 0.25) is 0 Å². The Kier molecular flexibility index (Phi) is 6.13. The van der Waals surface area contributed by atoms with Gasteiger partial charge in [0.1, 0.15) is 11.5 Å². The smallest absolute Gasteiger partial charge is 0.122 e. The summed E-state index contributed by atoms with van der Waals surface area (Å²) in [7, 11) is 0. The second-order valence-electron chi connectivity index (χ2n) is 8.42. The molecule has 35 heavy (non-hydrogen) atoms. The first kappa shape index (κ1) is 22.1. The number of aromatic nitrogens is 3. The van der Waals surface area contributed by atoms with Gasteiger partial charge < -0.3 is 5.11 Å². The summed E-state index contributed by atoms with van der Waals surface area (Å²) >= 11 is 0. The van der Waals surface area contributed by atoms with E-state index in [0.717, 1.165) is 56.9 Å². The molecule has 0 saturated heterocycles. The fourth-order valence-corrected chi connectivity index (χ4v) is 4.07. The van der Waals surface area contributed by atoms with Crippen molar-refractivity contribution in [3.05, 3.63) is 155 Å². The molecule has 0 spiro atoms. The van der Waals surface area contributed by atoms with Gasteiger partial charge in [-0.3, -0.25) is 10.1 Å². The van der Waals surface area contributed by atoms with Gasteiger partial charge in [-0.05, 0) is 72.1 Å². The lowest BCUT2D eigenvalue weighted by molar-refractivity contribution is 0.427. The minimum absolute atomic E-state index is 0.182. The number of nitrogens with one attached hydrogen (secondary N) is 1. The molecule has 2 N–H and O–H groups in total. The van der Waals surface area contributed by atoms with Crippen molar-refractivity contribution >= 4 is 5.57 Å². The maximum atomic E-state index is 10.0. The molecular formula is C31H25N3O. The van der Waals surface area contributed by atoms with E-state index in [-0.39, 0.29) is 5.76 Å². The van der Waals surface area contributed by atoms with Gasteiger partial charge in [0.05, 0.1) is 5.69 Å². The summed E-state index contributed by atoms with van der Waals surface area (Å²) in [6.45, 7) is 5.86. The summed E-state index contributed by atoms with van der Waals surface area (Å²) in [5.41, 5.74) is 12.8. The van der Waals surface area contributed by atoms with E-state index in [0.29, 0.717) is 5.57 Å². The molecule has 0 amide bonds. The van der Waals surface area contributed by atoms with E-state index in [4.69, 9.17) is 0 Å². The highest BCUT2D eigenvalue weighted by Gasteiger charge is 2.14. The summed E-state index contributed by atoms with van der Waals surface area (Å²) in [6.07, 6.45) is 26.9. The number of allylic oxidation sites excluding steroid dienone is 16.